The molecule has 1 heterocycles. The summed E-state index contributed by atoms with van der Waals surface area (Å²) in [6, 6.07) is 4.71. The summed E-state index contributed by atoms with van der Waals surface area (Å²) in [7, 11) is 3.93. The highest BCUT2D eigenvalue weighted by Gasteiger charge is 2.49. The number of carbonyl (C=O) groups excluding carboxylic acids is 3. The van der Waals surface area contributed by atoms with Crippen LogP contribution in [0.1, 0.15) is 38.7 Å². The van der Waals surface area contributed by atoms with Gasteiger partial charge in [-0.3, -0.25) is 14.5 Å². The molecule has 9 heteroatoms. The maximum atomic E-state index is 13.1. The van der Waals surface area contributed by atoms with Crippen molar-refractivity contribution in [3.8, 4) is 0 Å². The zero-order valence-electron chi connectivity index (χ0n) is 18.0. The molecule has 1 aliphatic rings. The Hall–Kier alpha value is -1.83. The van der Waals surface area contributed by atoms with E-state index in [1.807, 2.05) is 38.9 Å². The lowest BCUT2D eigenvalue weighted by Gasteiger charge is -2.26. The maximum absolute atomic E-state index is 13.1. The van der Waals surface area contributed by atoms with Crippen molar-refractivity contribution in [1.82, 2.24) is 20.0 Å². The summed E-state index contributed by atoms with van der Waals surface area (Å²) < 4.78 is 0. The van der Waals surface area contributed by atoms with Crippen LogP contribution in [0.5, 0.6) is 0 Å². The lowest BCUT2D eigenvalue weighted by atomic mass is 9.93. The van der Waals surface area contributed by atoms with E-state index in [0.717, 1.165) is 23.4 Å². The molecule has 1 aromatic rings. The summed E-state index contributed by atoms with van der Waals surface area (Å²) in [5, 5.41) is 3.62. The first-order valence-corrected chi connectivity index (χ1v) is 10.9. The molecule has 0 saturated carbocycles. The molecule has 2 rings (SSSR count). The minimum atomic E-state index is -0.920. The van der Waals surface area contributed by atoms with Crippen LogP contribution in [0.15, 0.2) is 18.2 Å². The van der Waals surface area contributed by atoms with Gasteiger partial charge in [0.2, 0.25) is 5.91 Å². The Morgan fingerprint density at radius 2 is 1.77 bits per heavy atom. The van der Waals surface area contributed by atoms with Crippen LogP contribution in [0, 0.1) is 0 Å². The second-order valence-electron chi connectivity index (χ2n) is 7.83. The van der Waals surface area contributed by atoms with E-state index in [1.165, 1.54) is 0 Å². The van der Waals surface area contributed by atoms with E-state index in [1.54, 1.807) is 17.0 Å². The van der Waals surface area contributed by atoms with Crippen LogP contribution >= 0.6 is 23.2 Å². The van der Waals surface area contributed by atoms with Gasteiger partial charge in [0, 0.05) is 13.1 Å². The van der Waals surface area contributed by atoms with Crippen molar-refractivity contribution in [2.45, 2.75) is 45.2 Å². The normalized spacial score (nSPS) is 15.6. The SMILES string of the molecule is CCC1(CC)NC(=O)N(CC(=O)N(CCCN(C)C)Cc2ccc(Cl)c(Cl)c2)C1=O. The molecule has 7 nitrogen and oxygen atoms in total. The number of amides is 4. The van der Waals surface area contributed by atoms with E-state index in [0.29, 0.717) is 36.0 Å². The van der Waals surface area contributed by atoms with Crippen molar-refractivity contribution in [2.24, 2.45) is 0 Å². The fourth-order valence-electron chi connectivity index (χ4n) is 3.51. The van der Waals surface area contributed by atoms with Gasteiger partial charge in [0.25, 0.3) is 5.91 Å². The molecule has 0 aliphatic carbocycles. The summed E-state index contributed by atoms with van der Waals surface area (Å²) in [6.07, 6.45) is 1.72. The fraction of sp³-hybridized carbons (Fsp3) is 0.571. The minimum absolute atomic E-state index is 0.282. The van der Waals surface area contributed by atoms with Crippen molar-refractivity contribution >= 4 is 41.0 Å². The molecular formula is C21H30Cl2N4O3. The molecule has 0 bridgehead atoms. The number of nitrogens with one attached hydrogen (secondary N) is 1. The van der Waals surface area contributed by atoms with Gasteiger partial charge in [-0.05, 0) is 57.6 Å². The van der Waals surface area contributed by atoms with Crippen LogP contribution in [-0.2, 0) is 16.1 Å². The Labute approximate surface area is 188 Å². The largest absolute Gasteiger partial charge is 0.337 e. The zero-order valence-corrected chi connectivity index (χ0v) is 19.5. The second-order valence-corrected chi connectivity index (χ2v) is 8.65. The van der Waals surface area contributed by atoms with Gasteiger partial charge in [0.15, 0.2) is 0 Å². The van der Waals surface area contributed by atoms with Crippen LogP contribution in [0.4, 0.5) is 4.79 Å². The van der Waals surface area contributed by atoms with Gasteiger partial charge in [-0.15, -0.1) is 0 Å². The maximum Gasteiger partial charge on any atom is 0.325 e. The first-order chi connectivity index (χ1) is 14.1. The molecule has 0 atom stereocenters. The number of carbonyl (C=O) groups is 3. The van der Waals surface area contributed by atoms with Gasteiger partial charge in [0.1, 0.15) is 12.1 Å². The smallest absolute Gasteiger partial charge is 0.325 e. The Kier molecular flexibility index (Phi) is 8.52. The van der Waals surface area contributed by atoms with Crippen molar-refractivity contribution < 1.29 is 14.4 Å². The summed E-state index contributed by atoms with van der Waals surface area (Å²) in [5.41, 5.74) is -0.0899. The third kappa shape index (κ3) is 5.65. The molecule has 4 amide bonds. The molecule has 1 fully saturated rings. The van der Waals surface area contributed by atoms with Crippen molar-refractivity contribution in [3.63, 3.8) is 0 Å². The van der Waals surface area contributed by atoms with Crippen LogP contribution < -0.4 is 5.32 Å². The Balaban J connectivity index is 2.16. The Morgan fingerprint density at radius 1 is 1.10 bits per heavy atom. The molecule has 30 heavy (non-hydrogen) atoms. The van der Waals surface area contributed by atoms with E-state index in [2.05, 4.69) is 5.32 Å². The van der Waals surface area contributed by atoms with Crippen LogP contribution in [0.2, 0.25) is 10.0 Å². The predicted octanol–water partition coefficient (Wildman–Crippen LogP) is 3.38. The topological polar surface area (TPSA) is 73.0 Å². The minimum Gasteiger partial charge on any atom is -0.337 e. The average Bonchev–Trinajstić information content (AvgIpc) is 2.94. The standard InChI is InChI=1S/C21H30Cl2N4O3/c1-5-21(6-2)19(29)27(20(30)24-21)14-18(28)26(11-7-10-25(3)4)13-15-8-9-16(22)17(23)12-15/h8-9,12H,5-7,10-11,13-14H2,1-4H3,(H,24,30). The third-order valence-electron chi connectivity index (χ3n) is 5.49. The summed E-state index contributed by atoms with van der Waals surface area (Å²) in [5.74, 6) is -0.625. The van der Waals surface area contributed by atoms with Gasteiger partial charge < -0.3 is 15.1 Å². The molecule has 0 unspecified atom stereocenters. The molecular weight excluding hydrogens is 427 g/mol. The lowest BCUT2D eigenvalue weighted by molar-refractivity contribution is -0.139. The number of hydrogen-bond acceptors (Lipinski definition) is 4. The quantitative estimate of drug-likeness (QED) is 0.547. The van der Waals surface area contributed by atoms with Gasteiger partial charge in [-0.25, -0.2) is 4.79 Å². The first-order valence-electron chi connectivity index (χ1n) is 10.1. The lowest BCUT2D eigenvalue weighted by Crippen LogP contribution is -2.47. The highest BCUT2D eigenvalue weighted by Crippen LogP contribution is 2.26. The molecule has 1 aliphatic heterocycles. The van der Waals surface area contributed by atoms with Gasteiger partial charge in [0.05, 0.1) is 10.0 Å². The number of benzene rings is 1. The van der Waals surface area contributed by atoms with Gasteiger partial charge in [-0.1, -0.05) is 43.1 Å². The summed E-state index contributed by atoms with van der Waals surface area (Å²) in [6.45, 7) is 5.04. The molecule has 0 radical (unpaired) electrons. The number of imide groups is 1. The second kappa shape index (κ2) is 10.5. The van der Waals surface area contributed by atoms with Crippen molar-refractivity contribution in [1.29, 1.82) is 0 Å². The fourth-order valence-corrected chi connectivity index (χ4v) is 3.83. The van der Waals surface area contributed by atoms with E-state index in [-0.39, 0.29) is 18.4 Å². The van der Waals surface area contributed by atoms with Crippen LogP contribution in [-0.4, -0.2) is 71.8 Å². The number of nitrogens with zero attached hydrogens (tertiary/aromatic N) is 3. The highest BCUT2D eigenvalue weighted by atomic mass is 35.5. The third-order valence-corrected chi connectivity index (χ3v) is 6.23. The first kappa shape index (κ1) is 24.4. The van der Waals surface area contributed by atoms with E-state index in [4.69, 9.17) is 23.2 Å². The number of hydrogen-bond donors (Lipinski definition) is 1. The highest BCUT2D eigenvalue weighted by molar-refractivity contribution is 6.42. The van der Waals surface area contributed by atoms with E-state index >= 15 is 0 Å². The Morgan fingerprint density at radius 3 is 2.30 bits per heavy atom. The number of rotatable bonds is 10. The monoisotopic (exact) mass is 456 g/mol. The van der Waals surface area contributed by atoms with Crippen LogP contribution in [0.25, 0.3) is 0 Å². The molecule has 1 aromatic carbocycles. The average molecular weight is 457 g/mol. The van der Waals surface area contributed by atoms with Crippen molar-refractivity contribution in [2.75, 3.05) is 33.7 Å². The van der Waals surface area contributed by atoms with E-state index in [9.17, 15) is 14.4 Å². The molecule has 166 valence electrons. The molecule has 1 N–H and O–H groups in total. The zero-order chi connectivity index (χ0) is 22.5. The molecule has 0 aromatic heterocycles. The van der Waals surface area contributed by atoms with Crippen LogP contribution in [0.3, 0.4) is 0 Å². The van der Waals surface area contributed by atoms with E-state index < -0.39 is 11.6 Å². The Bertz CT molecular complexity index is 796. The number of urea groups is 1. The van der Waals surface area contributed by atoms with Gasteiger partial charge in [-0.2, -0.15) is 0 Å². The van der Waals surface area contributed by atoms with Crippen molar-refractivity contribution in [3.05, 3.63) is 33.8 Å². The molecule has 1 saturated heterocycles. The predicted molar refractivity (Wildman–Crippen MR) is 119 cm³/mol. The van der Waals surface area contributed by atoms with Gasteiger partial charge >= 0.3 is 6.03 Å². The summed E-state index contributed by atoms with van der Waals surface area (Å²) in [4.78, 5) is 43.1. The molecule has 0 spiro atoms. The summed E-state index contributed by atoms with van der Waals surface area (Å²) >= 11 is 12.1. The number of halogens is 2.